The zero-order chi connectivity index (χ0) is 13.0. The summed E-state index contributed by atoms with van der Waals surface area (Å²) in [6.07, 6.45) is 2.73. The summed E-state index contributed by atoms with van der Waals surface area (Å²) >= 11 is 0. The smallest absolute Gasteiger partial charge is 0.0703 e. The Bertz CT molecular complexity index is 220. The second-order valence-corrected chi connectivity index (χ2v) is 6.01. The van der Waals surface area contributed by atoms with Gasteiger partial charge in [-0.2, -0.15) is 0 Å². The third kappa shape index (κ3) is 3.94. The molecule has 1 rings (SSSR count). The average Bonchev–Trinajstić information content (AvgIpc) is 2.64. The quantitative estimate of drug-likeness (QED) is 0.775. The Morgan fingerprint density at radius 2 is 2.00 bits per heavy atom. The largest absolute Gasteiger partial charge is 0.377 e. The average molecular weight is 242 g/mol. The number of hydrogen-bond donors (Lipinski definition) is 1. The van der Waals surface area contributed by atoms with E-state index < -0.39 is 0 Å². The highest BCUT2D eigenvalue weighted by Crippen LogP contribution is 2.25. The van der Waals surface area contributed by atoms with Crippen molar-refractivity contribution < 1.29 is 4.74 Å². The minimum absolute atomic E-state index is 0.347. The number of ether oxygens (including phenoxy) is 1. The lowest BCUT2D eigenvalue weighted by atomic mass is 9.90. The minimum Gasteiger partial charge on any atom is -0.377 e. The summed E-state index contributed by atoms with van der Waals surface area (Å²) in [4.78, 5) is 2.46. The normalized spacial score (nSPS) is 28.9. The van der Waals surface area contributed by atoms with Crippen LogP contribution in [0.5, 0.6) is 0 Å². The highest BCUT2D eigenvalue weighted by Gasteiger charge is 2.33. The van der Waals surface area contributed by atoms with E-state index in [1.165, 1.54) is 6.42 Å². The molecule has 0 amide bonds. The fourth-order valence-electron chi connectivity index (χ4n) is 3.20. The molecule has 4 atom stereocenters. The summed E-state index contributed by atoms with van der Waals surface area (Å²) in [6.45, 7) is 10.7. The van der Waals surface area contributed by atoms with Crippen molar-refractivity contribution in [2.24, 2.45) is 17.6 Å². The molecule has 2 N–H and O–H groups in total. The number of nitrogens with zero attached hydrogens (tertiary/aromatic N) is 1. The molecule has 3 heteroatoms. The Hall–Kier alpha value is -0.120. The number of hydrogen-bond acceptors (Lipinski definition) is 3. The van der Waals surface area contributed by atoms with E-state index in [2.05, 4.69) is 39.6 Å². The van der Waals surface area contributed by atoms with Gasteiger partial charge in [0, 0.05) is 25.2 Å². The van der Waals surface area contributed by atoms with Crippen LogP contribution in [0.4, 0.5) is 0 Å². The van der Waals surface area contributed by atoms with Crippen LogP contribution in [0.2, 0.25) is 0 Å². The number of rotatable bonds is 6. The van der Waals surface area contributed by atoms with Gasteiger partial charge in [-0.1, -0.05) is 20.8 Å². The van der Waals surface area contributed by atoms with Crippen molar-refractivity contribution in [2.45, 2.75) is 58.7 Å². The number of nitrogens with two attached hydrogens (primary N) is 1. The van der Waals surface area contributed by atoms with Crippen molar-refractivity contribution in [2.75, 3.05) is 20.2 Å². The highest BCUT2D eigenvalue weighted by molar-refractivity contribution is 4.87. The Kier molecular flexibility index (Phi) is 5.90. The monoisotopic (exact) mass is 242 g/mol. The first-order chi connectivity index (χ1) is 7.97. The van der Waals surface area contributed by atoms with Gasteiger partial charge in [-0.05, 0) is 38.6 Å². The van der Waals surface area contributed by atoms with Crippen molar-refractivity contribution in [3.63, 3.8) is 0 Å². The van der Waals surface area contributed by atoms with E-state index in [9.17, 15) is 0 Å². The first-order valence-corrected chi connectivity index (χ1v) is 7.01. The molecule has 0 radical (unpaired) electrons. The van der Waals surface area contributed by atoms with E-state index in [0.29, 0.717) is 24.1 Å². The molecule has 102 valence electrons. The van der Waals surface area contributed by atoms with Crippen molar-refractivity contribution in [3.05, 3.63) is 0 Å². The van der Waals surface area contributed by atoms with Gasteiger partial charge in [-0.15, -0.1) is 0 Å². The van der Waals surface area contributed by atoms with Gasteiger partial charge in [0.25, 0.3) is 0 Å². The molecule has 1 aliphatic rings. The summed E-state index contributed by atoms with van der Waals surface area (Å²) in [6, 6.07) is 1.02. The maximum absolute atomic E-state index is 5.98. The predicted molar refractivity (Wildman–Crippen MR) is 73.0 cm³/mol. The molecule has 1 saturated heterocycles. The molecule has 1 aliphatic heterocycles. The van der Waals surface area contributed by atoms with Crippen molar-refractivity contribution >= 4 is 0 Å². The van der Waals surface area contributed by atoms with E-state index in [1.54, 1.807) is 0 Å². The maximum atomic E-state index is 5.98. The van der Waals surface area contributed by atoms with Gasteiger partial charge >= 0.3 is 0 Å². The Balaban J connectivity index is 2.59. The van der Waals surface area contributed by atoms with Gasteiger partial charge in [0.15, 0.2) is 0 Å². The third-order valence-electron chi connectivity index (χ3n) is 4.12. The molecule has 4 unspecified atom stereocenters. The molecular weight excluding hydrogens is 212 g/mol. The van der Waals surface area contributed by atoms with Gasteiger partial charge in [0.05, 0.1) is 6.10 Å². The van der Waals surface area contributed by atoms with E-state index >= 15 is 0 Å². The molecular formula is C14H30N2O. The molecule has 0 aliphatic carbocycles. The van der Waals surface area contributed by atoms with Crippen LogP contribution in [-0.4, -0.2) is 43.3 Å². The van der Waals surface area contributed by atoms with E-state index in [0.717, 1.165) is 25.5 Å². The predicted octanol–water partition coefficient (Wildman–Crippen LogP) is 2.11. The van der Waals surface area contributed by atoms with E-state index in [-0.39, 0.29) is 0 Å². The second kappa shape index (κ2) is 6.72. The first-order valence-electron chi connectivity index (χ1n) is 7.01. The lowest BCUT2D eigenvalue weighted by molar-refractivity contribution is 0.0540. The van der Waals surface area contributed by atoms with Crippen LogP contribution in [-0.2, 0) is 4.74 Å². The van der Waals surface area contributed by atoms with Crippen LogP contribution in [0.15, 0.2) is 0 Å². The molecule has 0 aromatic carbocycles. The van der Waals surface area contributed by atoms with E-state index in [4.69, 9.17) is 10.5 Å². The van der Waals surface area contributed by atoms with Gasteiger partial charge in [0.1, 0.15) is 0 Å². The fourth-order valence-corrected chi connectivity index (χ4v) is 3.20. The summed E-state index contributed by atoms with van der Waals surface area (Å²) in [5.41, 5.74) is 5.98. The van der Waals surface area contributed by atoms with Gasteiger partial charge in [-0.25, -0.2) is 0 Å². The summed E-state index contributed by atoms with van der Waals surface area (Å²) in [5, 5.41) is 0. The lowest BCUT2D eigenvalue weighted by Crippen LogP contribution is -2.50. The highest BCUT2D eigenvalue weighted by atomic mass is 16.5. The molecule has 17 heavy (non-hydrogen) atoms. The Morgan fingerprint density at radius 3 is 2.41 bits per heavy atom. The van der Waals surface area contributed by atoms with Crippen LogP contribution in [0.3, 0.4) is 0 Å². The molecule has 0 spiro atoms. The first kappa shape index (κ1) is 14.9. The zero-order valence-corrected chi connectivity index (χ0v) is 12.1. The Morgan fingerprint density at radius 1 is 1.35 bits per heavy atom. The summed E-state index contributed by atoms with van der Waals surface area (Å²) < 4.78 is 5.66. The minimum atomic E-state index is 0.347. The fraction of sp³-hybridized carbons (Fsp3) is 1.00. The van der Waals surface area contributed by atoms with Crippen LogP contribution in [0.25, 0.3) is 0 Å². The lowest BCUT2D eigenvalue weighted by Gasteiger charge is -2.37. The summed E-state index contributed by atoms with van der Waals surface area (Å²) in [5.74, 6) is 1.39. The Labute approximate surface area is 107 Å². The van der Waals surface area contributed by atoms with Crippen molar-refractivity contribution in [3.8, 4) is 0 Å². The standard InChI is InChI=1S/C14H30N2O/c1-10(2)8-11(3)14(9-15)16(5)13-6-7-17-12(13)4/h10-14H,6-9,15H2,1-5H3. The van der Waals surface area contributed by atoms with Crippen molar-refractivity contribution in [1.82, 2.24) is 4.90 Å². The molecule has 0 bridgehead atoms. The van der Waals surface area contributed by atoms with E-state index in [1.807, 2.05) is 0 Å². The van der Waals surface area contributed by atoms with Crippen LogP contribution in [0.1, 0.15) is 40.5 Å². The van der Waals surface area contributed by atoms with Crippen LogP contribution in [0, 0.1) is 11.8 Å². The second-order valence-electron chi connectivity index (χ2n) is 6.01. The van der Waals surface area contributed by atoms with Gasteiger partial charge in [0.2, 0.25) is 0 Å². The molecule has 0 saturated carbocycles. The molecule has 0 aromatic rings. The third-order valence-corrected chi connectivity index (χ3v) is 4.12. The zero-order valence-electron chi connectivity index (χ0n) is 12.1. The van der Waals surface area contributed by atoms with Gasteiger partial charge < -0.3 is 10.5 Å². The van der Waals surface area contributed by atoms with Gasteiger partial charge in [-0.3, -0.25) is 4.90 Å². The topological polar surface area (TPSA) is 38.5 Å². The SMILES string of the molecule is CC(C)CC(C)C(CN)N(C)C1CCOC1C. The van der Waals surface area contributed by atoms with Crippen LogP contribution < -0.4 is 5.73 Å². The van der Waals surface area contributed by atoms with Crippen molar-refractivity contribution in [1.29, 1.82) is 0 Å². The molecule has 3 nitrogen and oxygen atoms in total. The molecule has 1 heterocycles. The summed E-state index contributed by atoms with van der Waals surface area (Å²) in [7, 11) is 2.21. The maximum Gasteiger partial charge on any atom is 0.0703 e. The molecule has 1 fully saturated rings. The van der Waals surface area contributed by atoms with Crippen LogP contribution >= 0.6 is 0 Å². The number of likely N-dealkylation sites (N-methyl/N-ethyl adjacent to an activating group) is 1. The molecule has 0 aromatic heterocycles.